The molecule has 0 spiro atoms. The van der Waals surface area contributed by atoms with Crippen molar-refractivity contribution in [2.24, 2.45) is 0 Å². The molecule has 1 N–H and O–H groups in total. The van der Waals surface area contributed by atoms with Crippen molar-refractivity contribution in [3.05, 3.63) is 59.7 Å². The summed E-state index contributed by atoms with van der Waals surface area (Å²) < 4.78 is 7.64. The Morgan fingerprint density at radius 3 is 2.69 bits per heavy atom. The molecule has 2 heterocycles. The number of aromatic nitrogens is 1. The summed E-state index contributed by atoms with van der Waals surface area (Å²) in [6, 6.07) is 16.5. The molecule has 0 radical (unpaired) electrons. The Hall–Kier alpha value is -1.93. The first-order valence-electron chi connectivity index (χ1n) is 9.90. The predicted octanol–water partition coefficient (Wildman–Crippen LogP) is 3.93. The molecule has 1 fully saturated rings. The van der Waals surface area contributed by atoms with Crippen LogP contribution in [0.25, 0.3) is 10.2 Å². The summed E-state index contributed by atoms with van der Waals surface area (Å²) in [7, 11) is 0. The van der Waals surface area contributed by atoms with Gasteiger partial charge in [0.25, 0.3) is 0 Å². The number of ether oxygens (including phenoxy) is 1. The van der Waals surface area contributed by atoms with E-state index in [1.165, 1.54) is 15.8 Å². The molecule has 1 amide bonds. The molecule has 0 saturated carbocycles. The van der Waals surface area contributed by atoms with Gasteiger partial charge in [0.15, 0.2) is 4.34 Å². The number of fused-ring (bicyclic) bond motifs is 1. The van der Waals surface area contributed by atoms with Gasteiger partial charge in [0.1, 0.15) is 0 Å². The Labute approximate surface area is 179 Å². The van der Waals surface area contributed by atoms with E-state index >= 15 is 0 Å². The number of hydrogen-bond donors (Lipinski definition) is 1. The van der Waals surface area contributed by atoms with Crippen molar-refractivity contribution in [2.75, 3.05) is 32.1 Å². The molecule has 1 saturated heterocycles. The van der Waals surface area contributed by atoms with Gasteiger partial charge in [-0.3, -0.25) is 9.69 Å². The van der Waals surface area contributed by atoms with Crippen LogP contribution in [0.15, 0.2) is 52.9 Å². The first-order valence-corrected chi connectivity index (χ1v) is 11.7. The fourth-order valence-electron chi connectivity index (χ4n) is 3.31. The van der Waals surface area contributed by atoms with Crippen LogP contribution in [-0.2, 0) is 22.6 Å². The van der Waals surface area contributed by atoms with Crippen LogP contribution in [0.1, 0.15) is 17.5 Å². The number of hydrogen-bond acceptors (Lipinski definition) is 6. The monoisotopic (exact) mass is 427 g/mol. The van der Waals surface area contributed by atoms with Crippen LogP contribution >= 0.6 is 23.1 Å². The van der Waals surface area contributed by atoms with Gasteiger partial charge in [0.2, 0.25) is 5.91 Å². The number of amides is 1. The third-order valence-corrected chi connectivity index (χ3v) is 7.10. The average Bonchev–Trinajstić information content (AvgIpc) is 3.17. The van der Waals surface area contributed by atoms with E-state index in [2.05, 4.69) is 39.5 Å². The van der Waals surface area contributed by atoms with Crippen molar-refractivity contribution >= 4 is 39.2 Å². The maximum absolute atomic E-state index is 12.3. The number of para-hydroxylation sites is 1. The predicted molar refractivity (Wildman–Crippen MR) is 119 cm³/mol. The molecule has 0 atom stereocenters. The number of morpholine rings is 1. The summed E-state index contributed by atoms with van der Waals surface area (Å²) in [5.74, 6) is 0.820. The van der Waals surface area contributed by atoms with Crippen LogP contribution < -0.4 is 5.32 Å². The van der Waals surface area contributed by atoms with Crippen molar-refractivity contribution in [3.63, 3.8) is 0 Å². The van der Waals surface area contributed by atoms with Gasteiger partial charge in [-0.05, 0) is 23.3 Å². The minimum absolute atomic E-state index is 0.0831. The average molecular weight is 428 g/mol. The van der Waals surface area contributed by atoms with Gasteiger partial charge in [-0.1, -0.05) is 48.2 Å². The Bertz CT molecular complexity index is 921. The van der Waals surface area contributed by atoms with Crippen molar-refractivity contribution < 1.29 is 9.53 Å². The molecule has 1 aliphatic rings. The zero-order valence-corrected chi connectivity index (χ0v) is 17.9. The molecular weight excluding hydrogens is 402 g/mol. The lowest BCUT2D eigenvalue weighted by molar-refractivity contribution is -0.120. The molecule has 152 valence electrons. The van der Waals surface area contributed by atoms with Crippen molar-refractivity contribution in [1.82, 2.24) is 15.2 Å². The van der Waals surface area contributed by atoms with E-state index in [1.807, 2.05) is 24.3 Å². The third kappa shape index (κ3) is 5.79. The molecule has 0 unspecified atom stereocenters. The summed E-state index contributed by atoms with van der Waals surface area (Å²) in [5.41, 5.74) is 3.49. The van der Waals surface area contributed by atoms with Crippen molar-refractivity contribution in [2.45, 2.75) is 23.8 Å². The van der Waals surface area contributed by atoms with Crippen LogP contribution in [0.3, 0.4) is 0 Å². The number of benzene rings is 2. The van der Waals surface area contributed by atoms with E-state index in [1.54, 1.807) is 23.1 Å². The largest absolute Gasteiger partial charge is 0.379 e. The number of thioether (sulfide) groups is 1. The zero-order chi connectivity index (χ0) is 19.9. The SMILES string of the molecule is O=C(CCSc1nc2ccccc2s1)NCc1ccccc1CN1CCOCC1. The molecule has 0 bridgehead atoms. The van der Waals surface area contributed by atoms with Gasteiger partial charge >= 0.3 is 0 Å². The van der Waals surface area contributed by atoms with E-state index < -0.39 is 0 Å². The molecule has 1 aromatic heterocycles. The number of thiazole rings is 1. The molecule has 1 aliphatic heterocycles. The third-order valence-electron chi connectivity index (χ3n) is 4.92. The molecule has 7 heteroatoms. The normalized spacial score (nSPS) is 14.9. The van der Waals surface area contributed by atoms with Crippen molar-refractivity contribution in [3.8, 4) is 0 Å². The van der Waals surface area contributed by atoms with Gasteiger partial charge in [-0.2, -0.15) is 0 Å². The lowest BCUT2D eigenvalue weighted by Crippen LogP contribution is -2.36. The lowest BCUT2D eigenvalue weighted by atomic mass is 10.1. The minimum atomic E-state index is 0.0831. The van der Waals surface area contributed by atoms with Gasteiger partial charge in [0, 0.05) is 38.4 Å². The molecule has 4 rings (SSSR count). The standard InChI is InChI=1S/C22H25N3O2S2/c26-21(9-14-28-22-24-19-7-3-4-8-20(19)29-22)23-15-17-5-1-2-6-18(17)16-25-10-12-27-13-11-25/h1-8H,9-16H2,(H,23,26). The van der Waals surface area contributed by atoms with Gasteiger partial charge in [-0.25, -0.2) is 4.98 Å². The molecule has 0 aliphatic carbocycles. The molecule has 2 aromatic carbocycles. The second kappa shape index (κ2) is 10.2. The Morgan fingerprint density at radius 1 is 1.10 bits per heavy atom. The van der Waals surface area contributed by atoms with Crippen LogP contribution in [0.2, 0.25) is 0 Å². The van der Waals surface area contributed by atoms with E-state index in [-0.39, 0.29) is 5.91 Å². The summed E-state index contributed by atoms with van der Waals surface area (Å²) >= 11 is 3.33. The van der Waals surface area contributed by atoms with Crippen LogP contribution in [0, 0.1) is 0 Å². The van der Waals surface area contributed by atoms with Gasteiger partial charge in [-0.15, -0.1) is 11.3 Å². The van der Waals surface area contributed by atoms with Gasteiger partial charge < -0.3 is 10.1 Å². The Morgan fingerprint density at radius 2 is 1.86 bits per heavy atom. The minimum Gasteiger partial charge on any atom is -0.379 e. The highest BCUT2D eigenvalue weighted by atomic mass is 32.2. The summed E-state index contributed by atoms with van der Waals surface area (Å²) in [6.45, 7) is 5.00. The van der Waals surface area contributed by atoms with Crippen LogP contribution in [-0.4, -0.2) is 47.8 Å². The van der Waals surface area contributed by atoms with E-state index in [0.717, 1.165) is 48.5 Å². The number of carbonyl (C=O) groups excluding carboxylic acids is 1. The maximum atomic E-state index is 12.3. The van der Waals surface area contributed by atoms with E-state index in [0.29, 0.717) is 13.0 Å². The molecule has 5 nitrogen and oxygen atoms in total. The first kappa shape index (κ1) is 20.3. The number of carbonyl (C=O) groups is 1. The van der Waals surface area contributed by atoms with Crippen LogP contribution in [0.5, 0.6) is 0 Å². The van der Waals surface area contributed by atoms with Crippen molar-refractivity contribution in [1.29, 1.82) is 0 Å². The fourth-order valence-corrected chi connectivity index (χ4v) is 5.39. The highest BCUT2D eigenvalue weighted by Crippen LogP contribution is 2.29. The Balaban J connectivity index is 1.24. The van der Waals surface area contributed by atoms with Crippen LogP contribution in [0.4, 0.5) is 0 Å². The first-order chi connectivity index (χ1) is 14.3. The molecular formula is C22H25N3O2S2. The highest BCUT2D eigenvalue weighted by Gasteiger charge is 2.13. The second-order valence-electron chi connectivity index (χ2n) is 6.98. The Kier molecular flexibility index (Phi) is 7.16. The van der Waals surface area contributed by atoms with Gasteiger partial charge in [0.05, 0.1) is 23.4 Å². The zero-order valence-electron chi connectivity index (χ0n) is 16.3. The topological polar surface area (TPSA) is 54.5 Å². The summed E-state index contributed by atoms with van der Waals surface area (Å²) in [4.78, 5) is 19.3. The second-order valence-corrected chi connectivity index (χ2v) is 9.35. The fraction of sp³-hybridized carbons (Fsp3) is 0.364. The summed E-state index contributed by atoms with van der Waals surface area (Å²) in [6.07, 6.45) is 0.492. The molecule has 29 heavy (non-hydrogen) atoms. The number of rotatable bonds is 8. The van der Waals surface area contributed by atoms with E-state index in [9.17, 15) is 4.79 Å². The maximum Gasteiger partial charge on any atom is 0.221 e. The summed E-state index contributed by atoms with van der Waals surface area (Å²) in [5, 5.41) is 3.08. The quantitative estimate of drug-likeness (QED) is 0.552. The number of nitrogens with one attached hydrogen (secondary N) is 1. The molecule has 3 aromatic rings. The van der Waals surface area contributed by atoms with E-state index in [4.69, 9.17) is 4.74 Å². The number of nitrogens with zero attached hydrogens (tertiary/aromatic N) is 2. The lowest BCUT2D eigenvalue weighted by Gasteiger charge is -2.27. The highest BCUT2D eigenvalue weighted by molar-refractivity contribution is 8.01. The smallest absolute Gasteiger partial charge is 0.221 e.